The fourth-order valence-corrected chi connectivity index (χ4v) is 2.31. The van der Waals surface area contributed by atoms with Crippen LogP contribution in [0.4, 0.5) is 4.39 Å². The molecule has 1 aromatic carbocycles. The van der Waals surface area contributed by atoms with E-state index in [1.165, 1.54) is 19.2 Å². The lowest BCUT2D eigenvalue weighted by Crippen LogP contribution is -2.59. The normalized spacial score (nSPS) is 18.4. The standard InChI is InChI=1S/C14H15FN2O4/c1-3-9-13(19)16-11(18)7-17(9)14(20)12-8(15)5-4-6-10(12)21-2/h4-6,9H,3,7H2,1-2H3,(H,16,18,19). The number of nitrogens with zero attached hydrogens (tertiary/aromatic N) is 1. The van der Waals surface area contributed by atoms with Crippen molar-refractivity contribution < 1.29 is 23.5 Å². The van der Waals surface area contributed by atoms with Crippen LogP contribution in [0, 0.1) is 5.82 Å². The van der Waals surface area contributed by atoms with Crippen LogP contribution in [0.15, 0.2) is 18.2 Å². The minimum atomic E-state index is -0.806. The minimum absolute atomic E-state index is 0.0632. The van der Waals surface area contributed by atoms with E-state index in [4.69, 9.17) is 4.74 Å². The van der Waals surface area contributed by atoms with Gasteiger partial charge in [-0.2, -0.15) is 0 Å². The average molecular weight is 294 g/mol. The lowest BCUT2D eigenvalue weighted by Gasteiger charge is -2.33. The molecule has 1 fully saturated rings. The average Bonchev–Trinajstić information content (AvgIpc) is 2.45. The maximum atomic E-state index is 14.0. The highest BCUT2D eigenvalue weighted by atomic mass is 19.1. The third-order valence-electron chi connectivity index (χ3n) is 3.31. The highest BCUT2D eigenvalue weighted by Crippen LogP contribution is 2.24. The van der Waals surface area contributed by atoms with E-state index in [2.05, 4.69) is 5.32 Å². The summed E-state index contributed by atoms with van der Waals surface area (Å²) in [5.41, 5.74) is -0.277. The zero-order valence-corrected chi connectivity index (χ0v) is 11.7. The van der Waals surface area contributed by atoms with Gasteiger partial charge in [-0.05, 0) is 18.6 Å². The molecule has 112 valence electrons. The summed E-state index contributed by atoms with van der Waals surface area (Å²) >= 11 is 0. The van der Waals surface area contributed by atoms with Gasteiger partial charge in [0.15, 0.2) is 0 Å². The molecule has 0 aromatic heterocycles. The summed E-state index contributed by atoms with van der Waals surface area (Å²) in [6, 6.07) is 3.18. The summed E-state index contributed by atoms with van der Waals surface area (Å²) in [6.07, 6.45) is 0.321. The van der Waals surface area contributed by atoms with Gasteiger partial charge in [0.05, 0.1) is 7.11 Å². The quantitative estimate of drug-likeness (QED) is 0.833. The first-order valence-corrected chi connectivity index (χ1v) is 6.46. The first kappa shape index (κ1) is 15.0. The minimum Gasteiger partial charge on any atom is -0.496 e. The number of hydrogen-bond donors (Lipinski definition) is 1. The van der Waals surface area contributed by atoms with E-state index in [9.17, 15) is 18.8 Å². The molecule has 0 saturated carbocycles. The second-order valence-electron chi connectivity index (χ2n) is 4.59. The largest absolute Gasteiger partial charge is 0.496 e. The Morgan fingerprint density at radius 3 is 2.81 bits per heavy atom. The van der Waals surface area contributed by atoms with Crippen LogP contribution in [-0.4, -0.2) is 42.3 Å². The molecule has 1 heterocycles. The topological polar surface area (TPSA) is 75.7 Å². The van der Waals surface area contributed by atoms with Crippen LogP contribution in [0.1, 0.15) is 23.7 Å². The van der Waals surface area contributed by atoms with E-state index in [-0.39, 0.29) is 17.9 Å². The molecule has 1 saturated heterocycles. The summed E-state index contributed by atoms with van der Waals surface area (Å²) in [5, 5.41) is 2.16. The number of amides is 3. The molecular weight excluding hydrogens is 279 g/mol. The van der Waals surface area contributed by atoms with Gasteiger partial charge in [-0.25, -0.2) is 4.39 Å². The van der Waals surface area contributed by atoms with E-state index in [0.29, 0.717) is 6.42 Å². The Labute approximate surface area is 120 Å². The summed E-state index contributed by atoms with van der Waals surface area (Å²) in [4.78, 5) is 36.8. The van der Waals surface area contributed by atoms with Crippen molar-refractivity contribution in [2.24, 2.45) is 0 Å². The predicted octanol–water partition coefficient (Wildman–Crippen LogP) is 0.711. The van der Waals surface area contributed by atoms with Crippen LogP contribution >= 0.6 is 0 Å². The molecule has 1 aliphatic rings. The van der Waals surface area contributed by atoms with Crippen LogP contribution in [0.5, 0.6) is 5.75 Å². The molecule has 1 unspecified atom stereocenters. The third-order valence-corrected chi connectivity index (χ3v) is 3.31. The highest BCUT2D eigenvalue weighted by molar-refractivity contribution is 6.08. The van der Waals surface area contributed by atoms with Crippen molar-refractivity contribution in [2.75, 3.05) is 13.7 Å². The van der Waals surface area contributed by atoms with E-state index in [0.717, 1.165) is 11.0 Å². The Morgan fingerprint density at radius 2 is 2.19 bits per heavy atom. The van der Waals surface area contributed by atoms with Crippen molar-refractivity contribution >= 4 is 17.7 Å². The molecule has 1 aromatic rings. The molecule has 1 N–H and O–H groups in total. The van der Waals surface area contributed by atoms with Crippen LogP contribution in [-0.2, 0) is 9.59 Å². The molecule has 2 rings (SSSR count). The van der Waals surface area contributed by atoms with Gasteiger partial charge in [0, 0.05) is 0 Å². The van der Waals surface area contributed by atoms with Gasteiger partial charge in [0.25, 0.3) is 5.91 Å². The maximum Gasteiger partial charge on any atom is 0.261 e. The smallest absolute Gasteiger partial charge is 0.261 e. The molecule has 0 aliphatic carbocycles. The Bertz CT molecular complexity index is 603. The number of rotatable bonds is 3. The van der Waals surface area contributed by atoms with Gasteiger partial charge >= 0.3 is 0 Å². The third kappa shape index (κ3) is 2.72. The number of halogens is 1. The van der Waals surface area contributed by atoms with Crippen molar-refractivity contribution in [2.45, 2.75) is 19.4 Å². The van der Waals surface area contributed by atoms with Gasteiger partial charge in [-0.15, -0.1) is 0 Å². The number of carbonyl (C=O) groups excluding carboxylic acids is 3. The number of nitrogens with one attached hydrogen (secondary N) is 1. The first-order valence-electron chi connectivity index (χ1n) is 6.46. The molecule has 7 heteroatoms. The molecule has 0 radical (unpaired) electrons. The predicted molar refractivity (Wildman–Crippen MR) is 71.2 cm³/mol. The van der Waals surface area contributed by atoms with Crippen molar-refractivity contribution in [3.05, 3.63) is 29.6 Å². The molecule has 1 aliphatic heterocycles. The molecule has 0 spiro atoms. The van der Waals surface area contributed by atoms with E-state index in [1.807, 2.05) is 0 Å². The monoisotopic (exact) mass is 294 g/mol. The fourth-order valence-electron chi connectivity index (χ4n) is 2.31. The Balaban J connectivity index is 2.42. The summed E-state index contributed by atoms with van der Waals surface area (Å²) in [7, 11) is 1.32. The number of methoxy groups -OCH3 is 1. The number of hydrogen-bond acceptors (Lipinski definition) is 4. The number of piperazine rings is 1. The second-order valence-corrected chi connectivity index (χ2v) is 4.59. The molecule has 3 amide bonds. The van der Waals surface area contributed by atoms with Gasteiger partial charge in [-0.3, -0.25) is 19.7 Å². The SMILES string of the molecule is CCC1C(=O)NC(=O)CN1C(=O)c1c(F)cccc1OC. The van der Waals surface area contributed by atoms with Gasteiger partial charge in [0.1, 0.15) is 29.7 Å². The molecule has 1 atom stereocenters. The number of ether oxygens (including phenoxy) is 1. The lowest BCUT2D eigenvalue weighted by atomic mass is 10.1. The Kier molecular flexibility index (Phi) is 4.21. The van der Waals surface area contributed by atoms with E-state index < -0.39 is 29.6 Å². The number of imide groups is 1. The lowest BCUT2D eigenvalue weighted by molar-refractivity contribution is -0.138. The van der Waals surface area contributed by atoms with Gasteiger partial charge < -0.3 is 9.64 Å². The molecule has 21 heavy (non-hydrogen) atoms. The first-order chi connectivity index (χ1) is 9.99. The molecule has 0 bridgehead atoms. The maximum absolute atomic E-state index is 14.0. The summed E-state index contributed by atoms with van der Waals surface area (Å²) in [6.45, 7) is 1.42. The molecule has 6 nitrogen and oxygen atoms in total. The van der Waals surface area contributed by atoms with Crippen molar-refractivity contribution in [3.63, 3.8) is 0 Å². The summed E-state index contributed by atoms with van der Waals surface area (Å²) in [5.74, 6) is -2.58. The van der Waals surface area contributed by atoms with Crippen LogP contribution in [0.2, 0.25) is 0 Å². The Hall–Kier alpha value is -2.44. The summed E-state index contributed by atoms with van der Waals surface area (Å²) < 4.78 is 18.9. The molecular formula is C14H15FN2O4. The van der Waals surface area contributed by atoms with Gasteiger partial charge in [0.2, 0.25) is 11.8 Å². The second kappa shape index (κ2) is 5.90. The van der Waals surface area contributed by atoms with Gasteiger partial charge in [-0.1, -0.05) is 13.0 Å². The number of benzene rings is 1. The van der Waals surface area contributed by atoms with Crippen molar-refractivity contribution in [1.29, 1.82) is 0 Å². The van der Waals surface area contributed by atoms with Crippen LogP contribution < -0.4 is 10.1 Å². The van der Waals surface area contributed by atoms with Crippen molar-refractivity contribution in [1.82, 2.24) is 10.2 Å². The van der Waals surface area contributed by atoms with E-state index >= 15 is 0 Å². The zero-order chi connectivity index (χ0) is 15.6. The van der Waals surface area contributed by atoms with Crippen LogP contribution in [0.3, 0.4) is 0 Å². The van der Waals surface area contributed by atoms with Crippen LogP contribution in [0.25, 0.3) is 0 Å². The number of carbonyl (C=O) groups is 3. The van der Waals surface area contributed by atoms with Crippen molar-refractivity contribution in [3.8, 4) is 5.75 Å². The fraction of sp³-hybridized carbons (Fsp3) is 0.357. The highest BCUT2D eigenvalue weighted by Gasteiger charge is 2.37. The van der Waals surface area contributed by atoms with E-state index in [1.54, 1.807) is 6.92 Å². The zero-order valence-electron chi connectivity index (χ0n) is 11.7. The Morgan fingerprint density at radius 1 is 1.48 bits per heavy atom.